The minimum atomic E-state index is -3.41. The van der Waals surface area contributed by atoms with Crippen molar-refractivity contribution in [3.05, 3.63) is 35.9 Å². The van der Waals surface area contributed by atoms with E-state index in [0.29, 0.717) is 26.0 Å². The van der Waals surface area contributed by atoms with Gasteiger partial charge < -0.3 is 0 Å². The smallest absolute Gasteiger partial charge is 0.247 e. The zero-order chi connectivity index (χ0) is 16.0. The summed E-state index contributed by atoms with van der Waals surface area (Å²) in [6.07, 6.45) is 1.36. The normalized spacial score (nSPS) is 19.8. The third-order valence-electron chi connectivity index (χ3n) is 3.66. The number of amides is 1. The first-order valence-electron chi connectivity index (χ1n) is 7.46. The molecule has 1 saturated heterocycles. The molecule has 22 heavy (non-hydrogen) atoms. The van der Waals surface area contributed by atoms with Crippen molar-refractivity contribution < 1.29 is 18.0 Å². The zero-order valence-electron chi connectivity index (χ0n) is 12.7. The number of nitrogens with zero attached hydrogens (tertiary/aromatic N) is 1. The van der Waals surface area contributed by atoms with E-state index in [4.69, 9.17) is 4.84 Å². The number of carbonyl (C=O) groups is 1. The number of piperidine rings is 1. The third-order valence-corrected chi connectivity index (χ3v) is 5.47. The first-order valence-corrected chi connectivity index (χ1v) is 9.07. The van der Waals surface area contributed by atoms with Crippen LogP contribution in [-0.2, 0) is 25.4 Å². The van der Waals surface area contributed by atoms with Crippen LogP contribution < -0.4 is 5.48 Å². The van der Waals surface area contributed by atoms with E-state index in [-0.39, 0.29) is 24.1 Å². The molecule has 0 spiro atoms. The van der Waals surface area contributed by atoms with Crippen molar-refractivity contribution in [1.82, 2.24) is 9.79 Å². The minimum Gasteiger partial charge on any atom is -0.274 e. The molecule has 1 aliphatic rings. The van der Waals surface area contributed by atoms with E-state index in [1.165, 1.54) is 4.31 Å². The summed E-state index contributed by atoms with van der Waals surface area (Å²) in [4.78, 5) is 16.8. The van der Waals surface area contributed by atoms with Gasteiger partial charge >= 0.3 is 0 Å². The topological polar surface area (TPSA) is 75.7 Å². The van der Waals surface area contributed by atoms with Gasteiger partial charge in [-0.1, -0.05) is 30.3 Å². The van der Waals surface area contributed by atoms with Crippen LogP contribution in [0.5, 0.6) is 0 Å². The fourth-order valence-electron chi connectivity index (χ4n) is 2.51. The second kappa shape index (κ2) is 7.71. The van der Waals surface area contributed by atoms with Crippen LogP contribution >= 0.6 is 0 Å². The van der Waals surface area contributed by atoms with E-state index in [9.17, 15) is 13.2 Å². The molecule has 6 nitrogen and oxygen atoms in total. The molecule has 2 rings (SSSR count). The number of hydroxylamine groups is 1. The van der Waals surface area contributed by atoms with Gasteiger partial charge in [0.05, 0.1) is 18.3 Å². The second-order valence-corrected chi connectivity index (χ2v) is 7.31. The average molecular weight is 326 g/mol. The van der Waals surface area contributed by atoms with Crippen molar-refractivity contribution >= 4 is 15.9 Å². The van der Waals surface area contributed by atoms with E-state index in [2.05, 4.69) is 5.48 Å². The number of hydrogen-bond donors (Lipinski definition) is 1. The molecular weight excluding hydrogens is 304 g/mol. The van der Waals surface area contributed by atoms with Crippen LogP contribution in [0.2, 0.25) is 0 Å². The van der Waals surface area contributed by atoms with E-state index >= 15 is 0 Å². The van der Waals surface area contributed by atoms with E-state index in [1.54, 1.807) is 19.1 Å². The zero-order valence-corrected chi connectivity index (χ0v) is 13.5. The maximum absolute atomic E-state index is 12.5. The molecular formula is C15H22N2O4S. The van der Waals surface area contributed by atoms with Crippen molar-refractivity contribution in [2.45, 2.75) is 25.5 Å². The summed E-state index contributed by atoms with van der Waals surface area (Å²) in [6.45, 7) is 2.84. The molecule has 1 atom stereocenters. The van der Waals surface area contributed by atoms with Crippen LogP contribution in [0.4, 0.5) is 0 Å². The van der Waals surface area contributed by atoms with E-state index in [1.807, 2.05) is 18.2 Å². The van der Waals surface area contributed by atoms with Gasteiger partial charge in [-0.2, -0.15) is 0 Å². The SMILES string of the molecule is CCONC(=O)[C@H]1CCCN(S(=O)(=O)Cc2ccccc2)C1. The second-order valence-electron chi connectivity index (χ2n) is 5.34. The summed E-state index contributed by atoms with van der Waals surface area (Å²) in [6, 6.07) is 9.07. The molecule has 0 radical (unpaired) electrons. The monoisotopic (exact) mass is 326 g/mol. The summed E-state index contributed by atoms with van der Waals surface area (Å²) in [5.41, 5.74) is 3.12. The van der Waals surface area contributed by atoms with Gasteiger partial charge in [-0.05, 0) is 25.3 Å². The molecule has 0 aromatic heterocycles. The maximum Gasteiger partial charge on any atom is 0.247 e. The van der Waals surface area contributed by atoms with Crippen molar-refractivity contribution in [2.24, 2.45) is 5.92 Å². The van der Waals surface area contributed by atoms with Gasteiger partial charge in [-0.3, -0.25) is 9.63 Å². The molecule has 1 aliphatic heterocycles. The lowest BCUT2D eigenvalue weighted by Crippen LogP contribution is -2.45. The van der Waals surface area contributed by atoms with E-state index in [0.717, 1.165) is 5.56 Å². The van der Waals surface area contributed by atoms with Crippen molar-refractivity contribution in [2.75, 3.05) is 19.7 Å². The van der Waals surface area contributed by atoms with Crippen LogP contribution in [0, 0.1) is 5.92 Å². The summed E-state index contributed by atoms with van der Waals surface area (Å²) in [5.74, 6) is -0.638. The molecule has 0 unspecified atom stereocenters. The molecule has 0 saturated carbocycles. The number of sulfonamides is 1. The Balaban J connectivity index is 2.00. The van der Waals surface area contributed by atoms with Crippen molar-refractivity contribution in [1.29, 1.82) is 0 Å². The fourth-order valence-corrected chi connectivity index (χ4v) is 4.12. The van der Waals surface area contributed by atoms with Gasteiger partial charge in [0.2, 0.25) is 15.9 Å². The molecule has 1 aromatic rings. The lowest BCUT2D eigenvalue weighted by Gasteiger charge is -2.31. The Labute approximate surface area is 131 Å². The number of hydrogen-bond acceptors (Lipinski definition) is 4. The molecule has 1 heterocycles. The predicted molar refractivity (Wildman–Crippen MR) is 83.1 cm³/mol. The van der Waals surface area contributed by atoms with Crippen LogP contribution in [0.15, 0.2) is 30.3 Å². The Morgan fingerprint density at radius 2 is 2.09 bits per heavy atom. The number of nitrogens with one attached hydrogen (secondary N) is 1. The van der Waals surface area contributed by atoms with Crippen molar-refractivity contribution in [3.8, 4) is 0 Å². The highest BCUT2D eigenvalue weighted by atomic mass is 32.2. The van der Waals surface area contributed by atoms with Crippen LogP contribution in [0.1, 0.15) is 25.3 Å². The predicted octanol–water partition coefficient (Wildman–Crippen LogP) is 1.30. The first-order chi connectivity index (χ1) is 10.5. The van der Waals surface area contributed by atoms with Gasteiger partial charge in [-0.25, -0.2) is 18.2 Å². The van der Waals surface area contributed by atoms with Crippen LogP contribution in [-0.4, -0.2) is 38.3 Å². The molecule has 1 N–H and O–H groups in total. The van der Waals surface area contributed by atoms with Gasteiger partial charge in [0.1, 0.15) is 0 Å². The van der Waals surface area contributed by atoms with E-state index < -0.39 is 10.0 Å². The number of benzene rings is 1. The van der Waals surface area contributed by atoms with Crippen LogP contribution in [0.3, 0.4) is 0 Å². The van der Waals surface area contributed by atoms with Gasteiger partial charge in [-0.15, -0.1) is 0 Å². The Morgan fingerprint density at radius 1 is 1.36 bits per heavy atom. The maximum atomic E-state index is 12.5. The Morgan fingerprint density at radius 3 is 2.77 bits per heavy atom. The third kappa shape index (κ3) is 4.53. The highest BCUT2D eigenvalue weighted by Crippen LogP contribution is 2.21. The molecule has 1 amide bonds. The Bertz CT molecular complexity index is 589. The largest absolute Gasteiger partial charge is 0.274 e. The summed E-state index contributed by atoms with van der Waals surface area (Å²) in [5, 5.41) is 0. The molecule has 7 heteroatoms. The molecule has 122 valence electrons. The lowest BCUT2D eigenvalue weighted by atomic mass is 9.99. The molecule has 0 aliphatic carbocycles. The van der Waals surface area contributed by atoms with Gasteiger partial charge in [0.25, 0.3) is 0 Å². The van der Waals surface area contributed by atoms with Crippen LogP contribution in [0.25, 0.3) is 0 Å². The summed E-state index contributed by atoms with van der Waals surface area (Å²) >= 11 is 0. The average Bonchev–Trinajstić information content (AvgIpc) is 2.53. The molecule has 1 aromatic carbocycles. The summed E-state index contributed by atoms with van der Waals surface area (Å²) < 4.78 is 26.4. The Kier molecular flexibility index (Phi) is 5.93. The fraction of sp³-hybridized carbons (Fsp3) is 0.533. The lowest BCUT2D eigenvalue weighted by molar-refractivity contribution is -0.138. The highest BCUT2D eigenvalue weighted by Gasteiger charge is 2.32. The molecule has 0 bridgehead atoms. The molecule has 1 fully saturated rings. The van der Waals surface area contributed by atoms with Gasteiger partial charge in [0.15, 0.2) is 0 Å². The van der Waals surface area contributed by atoms with Gasteiger partial charge in [0, 0.05) is 13.1 Å². The standard InChI is InChI=1S/C15H22N2O4S/c1-2-21-16-15(18)14-9-6-10-17(11-14)22(19,20)12-13-7-4-3-5-8-13/h3-5,7-8,14H,2,6,9-12H2,1H3,(H,16,18)/t14-/m0/s1. The highest BCUT2D eigenvalue weighted by molar-refractivity contribution is 7.88. The minimum absolute atomic E-state index is 0.0341. The number of rotatable bonds is 6. The Hall–Kier alpha value is -1.44. The van der Waals surface area contributed by atoms with Crippen molar-refractivity contribution in [3.63, 3.8) is 0 Å². The number of carbonyl (C=O) groups excluding carboxylic acids is 1. The quantitative estimate of drug-likeness (QED) is 0.800. The first kappa shape index (κ1) is 16.9. The summed E-state index contributed by atoms with van der Waals surface area (Å²) in [7, 11) is -3.41.